The quantitative estimate of drug-likeness (QED) is 0.126. The van der Waals surface area contributed by atoms with Crippen molar-refractivity contribution in [3.8, 4) is 0 Å². The average Bonchev–Trinajstić information content (AvgIpc) is 3.39. The minimum absolute atomic E-state index is 0.0266. The topological polar surface area (TPSA) is 186 Å². The van der Waals surface area contributed by atoms with E-state index in [9.17, 15) is 14.7 Å². The van der Waals surface area contributed by atoms with E-state index in [1.165, 1.54) is 4.90 Å². The van der Waals surface area contributed by atoms with Gasteiger partial charge in [-0.15, -0.1) is 0 Å². The molecule has 2 heterocycles. The van der Waals surface area contributed by atoms with Crippen molar-refractivity contribution >= 4 is 20.5 Å². The van der Waals surface area contributed by atoms with Crippen LogP contribution in [-0.4, -0.2) is 85.9 Å². The van der Waals surface area contributed by atoms with Gasteiger partial charge < -0.3 is 28.8 Å². The lowest BCUT2D eigenvalue weighted by atomic mass is 10.1. The molecular formula is C34H50N8O6Si. The van der Waals surface area contributed by atoms with Crippen molar-refractivity contribution in [3.05, 3.63) is 92.7 Å². The van der Waals surface area contributed by atoms with Gasteiger partial charge in [0.2, 0.25) is 0 Å². The molecule has 2 aliphatic rings. The summed E-state index contributed by atoms with van der Waals surface area (Å²) in [5.41, 5.74) is 19.3. The van der Waals surface area contributed by atoms with E-state index in [1.807, 2.05) is 60.7 Å². The first-order chi connectivity index (χ1) is 23.3. The van der Waals surface area contributed by atoms with Crippen LogP contribution in [0, 0.1) is 0 Å². The first kappa shape index (κ1) is 39.2. The standard InChI is InChI=1S/C20H32N4O3Si.C14H18N4O3/c1-20(2,3)28(4,5)27-18-14-24(13-9-12-17(18)22-23-21)19(25)26-15-16-10-7-6-8-11-16;15-17-16-12-7-4-8-18(9-13(12)19)14(20)21-10-11-5-2-1-3-6-11/h6-8,10-11,17-18H,9,12-15H2,1-5H3;1-3,5-6,12-13,19H,4,7-10H2. The molecule has 4 atom stereocenters. The number of β-amino-alcohol motifs (C(OH)–C–C–N with tert-alkyl or cyclic N) is 1. The van der Waals surface area contributed by atoms with Gasteiger partial charge in [0.05, 0.1) is 30.8 Å². The average molecular weight is 695 g/mol. The Bertz CT molecular complexity index is 1430. The first-order valence-corrected chi connectivity index (χ1v) is 19.6. The van der Waals surface area contributed by atoms with Crippen molar-refractivity contribution < 1.29 is 28.6 Å². The first-order valence-electron chi connectivity index (χ1n) is 16.7. The highest BCUT2D eigenvalue weighted by atomic mass is 28.4. The van der Waals surface area contributed by atoms with Gasteiger partial charge in [-0.3, -0.25) is 0 Å². The number of rotatable bonds is 8. The smallest absolute Gasteiger partial charge is 0.410 e. The molecule has 0 aliphatic carbocycles. The van der Waals surface area contributed by atoms with Crippen LogP contribution in [0.1, 0.15) is 57.6 Å². The van der Waals surface area contributed by atoms with Crippen LogP contribution in [0.15, 0.2) is 70.9 Å². The van der Waals surface area contributed by atoms with Crippen LogP contribution in [0.25, 0.3) is 20.9 Å². The van der Waals surface area contributed by atoms with Crippen LogP contribution in [0.5, 0.6) is 0 Å². The SMILES string of the molecule is CC(C)(C)[Si](C)(C)OC1CN(C(=O)OCc2ccccc2)CCCC1N=[N+]=[N-].[N-]=[N+]=NC1CCCN(C(=O)OCc2ccccc2)CC1O. The molecule has 4 unspecified atom stereocenters. The van der Waals surface area contributed by atoms with Crippen molar-refractivity contribution in [2.45, 2.75) is 102 Å². The van der Waals surface area contributed by atoms with E-state index in [0.29, 0.717) is 38.9 Å². The summed E-state index contributed by atoms with van der Waals surface area (Å²) in [4.78, 5) is 33.6. The number of nitrogens with zero attached hydrogens (tertiary/aromatic N) is 8. The summed E-state index contributed by atoms with van der Waals surface area (Å²) in [5, 5.41) is 17.5. The largest absolute Gasteiger partial charge is 0.445 e. The van der Waals surface area contributed by atoms with Crippen LogP contribution in [0.4, 0.5) is 9.59 Å². The van der Waals surface area contributed by atoms with Crippen molar-refractivity contribution in [3.63, 3.8) is 0 Å². The molecule has 0 radical (unpaired) electrons. The number of aliphatic hydroxyl groups is 1. The van der Waals surface area contributed by atoms with Crippen LogP contribution in [0.2, 0.25) is 18.1 Å². The van der Waals surface area contributed by atoms with Crippen molar-refractivity contribution in [1.82, 2.24) is 9.80 Å². The van der Waals surface area contributed by atoms with Crippen LogP contribution >= 0.6 is 0 Å². The molecule has 0 bridgehead atoms. The minimum Gasteiger partial charge on any atom is -0.445 e. The van der Waals surface area contributed by atoms with Gasteiger partial charge in [0.1, 0.15) is 13.2 Å². The Labute approximate surface area is 289 Å². The fourth-order valence-corrected chi connectivity index (χ4v) is 6.60. The Balaban J connectivity index is 0.000000276. The fraction of sp³-hybridized carbons (Fsp3) is 0.588. The Morgan fingerprint density at radius 2 is 1.27 bits per heavy atom. The number of carbonyl (C=O) groups is 2. The molecule has 2 saturated heterocycles. The zero-order valence-corrected chi connectivity index (χ0v) is 30.2. The summed E-state index contributed by atoms with van der Waals surface area (Å²) in [5.74, 6) is 0. The van der Waals surface area contributed by atoms with Gasteiger partial charge in [0.25, 0.3) is 0 Å². The summed E-state index contributed by atoms with van der Waals surface area (Å²) >= 11 is 0. The normalized spacial score (nSPS) is 21.3. The summed E-state index contributed by atoms with van der Waals surface area (Å²) in [6.45, 7) is 12.9. The van der Waals surface area contributed by atoms with Crippen LogP contribution < -0.4 is 0 Å². The molecule has 0 saturated carbocycles. The van der Waals surface area contributed by atoms with E-state index in [4.69, 9.17) is 25.0 Å². The van der Waals surface area contributed by atoms with E-state index >= 15 is 0 Å². The molecule has 2 aromatic rings. The number of likely N-dealkylation sites (tertiary alicyclic amines) is 2. The molecule has 266 valence electrons. The molecule has 2 fully saturated rings. The van der Waals surface area contributed by atoms with Gasteiger partial charge in [-0.1, -0.05) is 91.7 Å². The zero-order chi connectivity index (χ0) is 35.9. The summed E-state index contributed by atoms with van der Waals surface area (Å²) in [7, 11) is -2.08. The summed E-state index contributed by atoms with van der Waals surface area (Å²) < 4.78 is 17.3. The van der Waals surface area contributed by atoms with Gasteiger partial charge in [-0.25, -0.2) is 9.59 Å². The molecule has 1 N–H and O–H groups in total. The molecule has 0 spiro atoms. The third kappa shape index (κ3) is 12.6. The maximum Gasteiger partial charge on any atom is 0.410 e. The highest BCUT2D eigenvalue weighted by Crippen LogP contribution is 2.38. The number of benzene rings is 2. The Kier molecular flexibility index (Phi) is 15.2. The molecular weight excluding hydrogens is 645 g/mol. The lowest BCUT2D eigenvalue weighted by Crippen LogP contribution is -2.50. The Morgan fingerprint density at radius 1 is 0.816 bits per heavy atom. The molecule has 2 aromatic carbocycles. The molecule has 15 heteroatoms. The summed E-state index contributed by atoms with van der Waals surface area (Å²) in [6, 6.07) is 18.3. The molecule has 14 nitrogen and oxygen atoms in total. The van der Waals surface area contributed by atoms with Gasteiger partial charge >= 0.3 is 12.2 Å². The minimum atomic E-state index is -2.08. The van der Waals surface area contributed by atoms with Gasteiger partial charge in [0, 0.05) is 29.5 Å². The third-order valence-corrected chi connectivity index (χ3v) is 13.6. The van der Waals surface area contributed by atoms with E-state index in [1.54, 1.807) is 4.90 Å². The second kappa shape index (κ2) is 19.1. The van der Waals surface area contributed by atoms with Gasteiger partial charge in [-0.05, 0) is 66.0 Å². The molecule has 2 amide bonds. The van der Waals surface area contributed by atoms with Crippen molar-refractivity contribution in [2.24, 2.45) is 10.2 Å². The van der Waals surface area contributed by atoms with Crippen molar-refractivity contribution in [2.75, 3.05) is 26.2 Å². The maximum absolute atomic E-state index is 12.7. The van der Waals surface area contributed by atoms with E-state index in [0.717, 1.165) is 17.5 Å². The fourth-order valence-electron chi connectivity index (χ4n) is 5.25. The number of carbonyl (C=O) groups excluding carboxylic acids is 2. The maximum atomic E-state index is 12.7. The van der Waals surface area contributed by atoms with E-state index < -0.39 is 26.6 Å². The monoisotopic (exact) mass is 694 g/mol. The van der Waals surface area contributed by atoms with Crippen molar-refractivity contribution in [1.29, 1.82) is 0 Å². The molecule has 4 rings (SSSR count). The van der Waals surface area contributed by atoms with E-state index in [-0.39, 0.29) is 43.0 Å². The highest BCUT2D eigenvalue weighted by Gasteiger charge is 2.42. The second-order valence-corrected chi connectivity index (χ2v) is 18.5. The van der Waals surface area contributed by atoms with E-state index in [2.05, 4.69) is 53.9 Å². The number of ether oxygens (including phenoxy) is 2. The lowest BCUT2D eigenvalue weighted by Gasteiger charge is -2.41. The second-order valence-electron chi connectivity index (χ2n) is 13.8. The predicted molar refractivity (Wildman–Crippen MR) is 189 cm³/mol. The number of hydrogen-bond donors (Lipinski definition) is 1. The zero-order valence-electron chi connectivity index (χ0n) is 29.2. The number of azide groups is 2. The summed E-state index contributed by atoms with van der Waals surface area (Å²) in [6.07, 6.45) is 0.701. The molecule has 49 heavy (non-hydrogen) atoms. The number of amides is 2. The number of aliphatic hydroxyl groups excluding tert-OH is 1. The third-order valence-electron chi connectivity index (χ3n) is 9.12. The van der Waals surface area contributed by atoms with Gasteiger partial charge in [-0.2, -0.15) is 0 Å². The van der Waals surface area contributed by atoms with Crippen LogP contribution in [-0.2, 0) is 27.1 Å². The van der Waals surface area contributed by atoms with Crippen LogP contribution in [0.3, 0.4) is 0 Å². The lowest BCUT2D eigenvalue weighted by molar-refractivity contribution is 0.0702. The predicted octanol–water partition coefficient (Wildman–Crippen LogP) is 7.95. The Hall–Kier alpha value is -4.26. The molecule has 0 aromatic heterocycles. The number of hydrogen-bond acceptors (Lipinski definition) is 8. The highest BCUT2D eigenvalue weighted by molar-refractivity contribution is 6.74. The Morgan fingerprint density at radius 3 is 1.73 bits per heavy atom. The molecule has 2 aliphatic heterocycles. The van der Waals surface area contributed by atoms with Gasteiger partial charge in [0.15, 0.2) is 8.32 Å².